The maximum atomic E-state index is 11.2. The van der Waals surface area contributed by atoms with E-state index in [4.69, 9.17) is 0 Å². The molecule has 0 unspecified atom stereocenters. The summed E-state index contributed by atoms with van der Waals surface area (Å²) in [4.78, 5) is 13.3. The third kappa shape index (κ3) is 3.67. The number of hydrogen-bond donors (Lipinski definition) is 3. The maximum absolute atomic E-state index is 11.2. The molecule has 0 bridgehead atoms. The normalized spacial score (nSPS) is 17.5. The van der Waals surface area contributed by atoms with E-state index in [0.29, 0.717) is 5.56 Å². The molecule has 0 amide bonds. The fourth-order valence-electron chi connectivity index (χ4n) is 2.39. The van der Waals surface area contributed by atoms with Crippen molar-refractivity contribution in [3.05, 3.63) is 35.4 Å². The topological polar surface area (TPSA) is 72.8 Å². The Hall–Kier alpha value is -1.14. The summed E-state index contributed by atoms with van der Waals surface area (Å²) in [5.41, 5.74) is 0.962. The number of rotatable bonds is 4. The van der Waals surface area contributed by atoms with Crippen molar-refractivity contribution in [3.63, 3.8) is 0 Å². The highest BCUT2D eigenvalue weighted by Gasteiger charge is 2.25. The monoisotopic (exact) mass is 286 g/mol. The zero-order valence-corrected chi connectivity index (χ0v) is 11.4. The molecule has 1 atom stereocenters. The summed E-state index contributed by atoms with van der Waals surface area (Å²) in [6.07, 6.45) is 0. The van der Waals surface area contributed by atoms with Crippen molar-refractivity contribution in [3.8, 4) is 0 Å². The first-order chi connectivity index (χ1) is 8.74. The van der Waals surface area contributed by atoms with Crippen molar-refractivity contribution >= 4 is 18.4 Å². The van der Waals surface area contributed by atoms with Crippen molar-refractivity contribution in [2.45, 2.75) is 6.04 Å². The third-order valence-electron chi connectivity index (χ3n) is 3.32. The first kappa shape index (κ1) is 15.9. The molecule has 3 N–H and O–H groups in total. The van der Waals surface area contributed by atoms with Gasteiger partial charge in [-0.3, -0.25) is 4.90 Å². The lowest BCUT2D eigenvalue weighted by Crippen LogP contribution is -2.46. The second kappa shape index (κ2) is 7.45. The molecule has 1 fully saturated rings. The van der Waals surface area contributed by atoms with Crippen molar-refractivity contribution < 1.29 is 15.0 Å². The summed E-state index contributed by atoms with van der Waals surface area (Å²) in [6.45, 7) is 3.31. The van der Waals surface area contributed by atoms with E-state index in [-0.39, 0.29) is 30.6 Å². The number of nitrogens with one attached hydrogen (secondary N) is 1. The van der Waals surface area contributed by atoms with E-state index in [1.165, 1.54) is 0 Å². The number of aliphatic hydroxyl groups excluding tert-OH is 1. The van der Waals surface area contributed by atoms with Gasteiger partial charge in [0.2, 0.25) is 0 Å². The van der Waals surface area contributed by atoms with Crippen molar-refractivity contribution in [1.29, 1.82) is 0 Å². The molecule has 19 heavy (non-hydrogen) atoms. The Morgan fingerprint density at radius 2 is 1.95 bits per heavy atom. The summed E-state index contributed by atoms with van der Waals surface area (Å²) in [7, 11) is 0. The smallest absolute Gasteiger partial charge is 0.336 e. The SMILES string of the molecule is Cl.O=C(O)c1ccccc1[C@H](CO)N1CCNCC1. The number of aliphatic hydroxyl groups is 1. The van der Waals surface area contributed by atoms with Crippen LogP contribution in [0, 0.1) is 0 Å². The molecule has 5 nitrogen and oxygen atoms in total. The fourth-order valence-corrected chi connectivity index (χ4v) is 2.39. The highest BCUT2D eigenvalue weighted by atomic mass is 35.5. The average molecular weight is 287 g/mol. The second-order valence-corrected chi connectivity index (χ2v) is 4.38. The number of carbonyl (C=O) groups is 1. The first-order valence-electron chi connectivity index (χ1n) is 6.12. The van der Waals surface area contributed by atoms with Crippen LogP contribution in [0.5, 0.6) is 0 Å². The summed E-state index contributed by atoms with van der Waals surface area (Å²) >= 11 is 0. The van der Waals surface area contributed by atoms with Gasteiger partial charge in [-0.05, 0) is 11.6 Å². The van der Waals surface area contributed by atoms with Crippen LogP contribution in [0.25, 0.3) is 0 Å². The molecule has 0 radical (unpaired) electrons. The molecule has 0 aromatic heterocycles. The van der Waals surface area contributed by atoms with Crippen LogP contribution < -0.4 is 5.32 Å². The molecule has 106 valence electrons. The molecular formula is C13H19ClN2O3. The lowest BCUT2D eigenvalue weighted by molar-refractivity contribution is 0.0686. The van der Waals surface area contributed by atoms with E-state index in [1.54, 1.807) is 18.2 Å². The number of halogens is 1. The van der Waals surface area contributed by atoms with E-state index >= 15 is 0 Å². The Labute approximate surface area is 118 Å². The van der Waals surface area contributed by atoms with Gasteiger partial charge < -0.3 is 15.5 Å². The fraction of sp³-hybridized carbons (Fsp3) is 0.462. The zero-order valence-electron chi connectivity index (χ0n) is 10.6. The summed E-state index contributed by atoms with van der Waals surface area (Å²) in [6, 6.07) is 6.65. The van der Waals surface area contributed by atoms with E-state index in [2.05, 4.69) is 10.2 Å². The Balaban J connectivity index is 0.00000180. The lowest BCUT2D eigenvalue weighted by atomic mass is 9.99. The number of benzene rings is 1. The standard InChI is InChI=1S/C13H18N2O3.ClH/c16-9-12(15-7-5-14-6-8-15)10-3-1-2-4-11(10)13(17)18;/h1-4,12,14,16H,5-9H2,(H,17,18);1H/t12-;/m0./s1. The third-order valence-corrected chi connectivity index (χ3v) is 3.32. The van der Waals surface area contributed by atoms with E-state index in [1.807, 2.05) is 6.07 Å². The molecule has 0 spiro atoms. The van der Waals surface area contributed by atoms with Gasteiger partial charge in [0.25, 0.3) is 0 Å². The van der Waals surface area contributed by atoms with E-state index in [9.17, 15) is 15.0 Å². The van der Waals surface area contributed by atoms with Crippen LogP contribution in [-0.4, -0.2) is 53.9 Å². The Bertz CT molecular complexity index is 422. The van der Waals surface area contributed by atoms with Gasteiger partial charge in [-0.25, -0.2) is 4.79 Å². The van der Waals surface area contributed by atoms with Gasteiger partial charge in [-0.2, -0.15) is 0 Å². The van der Waals surface area contributed by atoms with Crippen molar-refractivity contribution in [2.24, 2.45) is 0 Å². The number of carboxylic acid groups (broad SMARTS) is 1. The van der Waals surface area contributed by atoms with Crippen molar-refractivity contribution in [2.75, 3.05) is 32.8 Å². The highest BCUT2D eigenvalue weighted by molar-refractivity contribution is 5.89. The average Bonchev–Trinajstić information content (AvgIpc) is 2.41. The molecule has 1 saturated heterocycles. The van der Waals surface area contributed by atoms with E-state index < -0.39 is 5.97 Å². The zero-order chi connectivity index (χ0) is 13.0. The Kier molecular flexibility index (Phi) is 6.24. The number of piperazine rings is 1. The molecule has 1 heterocycles. The van der Waals surface area contributed by atoms with Crippen LogP contribution in [0.3, 0.4) is 0 Å². The molecule has 2 rings (SSSR count). The number of hydrogen-bond acceptors (Lipinski definition) is 4. The van der Waals surface area contributed by atoms with Crippen molar-refractivity contribution in [1.82, 2.24) is 10.2 Å². The van der Waals surface area contributed by atoms with Gasteiger partial charge in [0.15, 0.2) is 0 Å². The minimum atomic E-state index is -0.945. The Morgan fingerprint density at radius 1 is 1.32 bits per heavy atom. The summed E-state index contributed by atoms with van der Waals surface area (Å²) < 4.78 is 0. The number of aromatic carboxylic acids is 1. The highest BCUT2D eigenvalue weighted by Crippen LogP contribution is 2.24. The van der Waals surface area contributed by atoms with Gasteiger partial charge >= 0.3 is 5.97 Å². The van der Waals surface area contributed by atoms with E-state index in [0.717, 1.165) is 26.2 Å². The number of carboxylic acids is 1. The van der Waals surface area contributed by atoms with Gasteiger partial charge in [-0.1, -0.05) is 18.2 Å². The number of nitrogens with zero attached hydrogens (tertiary/aromatic N) is 1. The summed E-state index contributed by atoms with van der Waals surface area (Å²) in [5.74, 6) is -0.945. The molecule has 1 aliphatic heterocycles. The molecule has 1 aliphatic rings. The first-order valence-corrected chi connectivity index (χ1v) is 6.12. The second-order valence-electron chi connectivity index (χ2n) is 4.38. The predicted octanol–water partition coefficient (Wildman–Crippen LogP) is 0.745. The molecule has 1 aromatic rings. The maximum Gasteiger partial charge on any atom is 0.336 e. The molecule has 6 heteroatoms. The largest absolute Gasteiger partial charge is 0.478 e. The van der Waals surface area contributed by atoms with Gasteiger partial charge in [0.1, 0.15) is 0 Å². The quantitative estimate of drug-likeness (QED) is 0.762. The molecule has 1 aromatic carbocycles. The van der Waals surface area contributed by atoms with Crippen LogP contribution >= 0.6 is 12.4 Å². The predicted molar refractivity (Wildman–Crippen MR) is 74.9 cm³/mol. The van der Waals surface area contributed by atoms with Gasteiger partial charge in [0, 0.05) is 26.2 Å². The van der Waals surface area contributed by atoms with Crippen LogP contribution in [0.1, 0.15) is 22.0 Å². The van der Waals surface area contributed by atoms with Crippen LogP contribution in [0.15, 0.2) is 24.3 Å². The van der Waals surface area contributed by atoms with Gasteiger partial charge in [0.05, 0.1) is 18.2 Å². The lowest BCUT2D eigenvalue weighted by Gasteiger charge is -2.34. The van der Waals surface area contributed by atoms with Crippen LogP contribution in [0.4, 0.5) is 0 Å². The molecular weight excluding hydrogens is 268 g/mol. The molecule has 0 aliphatic carbocycles. The molecule has 0 saturated carbocycles. The minimum Gasteiger partial charge on any atom is -0.478 e. The summed E-state index contributed by atoms with van der Waals surface area (Å²) in [5, 5.41) is 22.0. The van der Waals surface area contributed by atoms with Gasteiger partial charge in [-0.15, -0.1) is 12.4 Å². The van der Waals surface area contributed by atoms with Crippen LogP contribution in [0.2, 0.25) is 0 Å². The Morgan fingerprint density at radius 3 is 2.53 bits per heavy atom. The minimum absolute atomic E-state index is 0. The van der Waals surface area contributed by atoms with Crippen LogP contribution in [-0.2, 0) is 0 Å².